The molecule has 0 bridgehead atoms. The van der Waals surface area contributed by atoms with Gasteiger partial charge in [0.1, 0.15) is 23.5 Å². The summed E-state index contributed by atoms with van der Waals surface area (Å²) in [5, 5.41) is 41.6. The Labute approximate surface area is 215 Å². The largest absolute Gasteiger partial charge is 0.466 e. The molecule has 2 aliphatic heterocycles. The second-order valence-corrected chi connectivity index (χ2v) is 8.55. The van der Waals surface area contributed by atoms with Gasteiger partial charge in [0.15, 0.2) is 12.2 Å². The van der Waals surface area contributed by atoms with E-state index in [1.165, 1.54) is 24.3 Å². The average molecular weight is 519 g/mol. The third-order valence-corrected chi connectivity index (χ3v) is 6.17. The van der Waals surface area contributed by atoms with Gasteiger partial charge in [-0.25, -0.2) is 15.0 Å². The van der Waals surface area contributed by atoms with Crippen LogP contribution < -0.4 is 0 Å². The Kier molecular flexibility index (Phi) is 6.77. The van der Waals surface area contributed by atoms with Crippen LogP contribution in [0.1, 0.15) is 34.7 Å². The van der Waals surface area contributed by atoms with Crippen molar-refractivity contribution in [2.24, 2.45) is 9.98 Å². The summed E-state index contributed by atoms with van der Waals surface area (Å²) in [5.74, 6) is 0.358. The molecule has 3 heterocycles. The maximum atomic E-state index is 11.0. The summed E-state index contributed by atoms with van der Waals surface area (Å²) in [6.45, 7) is -0.620. The normalized spacial score (nSPS) is 22.3. The third kappa shape index (κ3) is 4.79. The van der Waals surface area contributed by atoms with E-state index < -0.39 is 34.1 Å². The van der Waals surface area contributed by atoms with E-state index in [0.717, 1.165) is 0 Å². The maximum absolute atomic E-state index is 11.0. The van der Waals surface area contributed by atoms with Crippen molar-refractivity contribution in [3.63, 3.8) is 0 Å². The van der Waals surface area contributed by atoms with Crippen molar-refractivity contribution >= 4 is 23.2 Å². The van der Waals surface area contributed by atoms with Gasteiger partial charge in [-0.2, -0.15) is 0 Å². The topological polar surface area (TPSA) is 183 Å². The quantitative estimate of drug-likeness (QED) is 0.334. The summed E-state index contributed by atoms with van der Waals surface area (Å²) < 4.78 is 12.0. The zero-order chi connectivity index (χ0) is 26.8. The molecule has 0 amide bonds. The highest BCUT2D eigenvalue weighted by Crippen LogP contribution is 2.33. The monoisotopic (exact) mass is 519 g/mol. The molecule has 38 heavy (non-hydrogen) atoms. The fraction of sp³-hybridized carbons (Fsp3) is 0.240. The lowest BCUT2D eigenvalue weighted by Gasteiger charge is -2.16. The highest BCUT2D eigenvalue weighted by molar-refractivity contribution is 5.97. The van der Waals surface area contributed by atoms with Crippen LogP contribution in [0.5, 0.6) is 0 Å². The van der Waals surface area contributed by atoms with Crippen molar-refractivity contribution in [3.05, 3.63) is 109 Å². The van der Waals surface area contributed by atoms with Crippen molar-refractivity contribution in [1.82, 2.24) is 4.98 Å². The molecule has 5 rings (SSSR count). The lowest BCUT2D eigenvalue weighted by Crippen LogP contribution is -2.18. The van der Waals surface area contributed by atoms with Crippen LogP contribution in [0.3, 0.4) is 0 Å². The molecule has 0 saturated carbocycles. The Morgan fingerprint density at radius 1 is 0.684 bits per heavy atom. The minimum Gasteiger partial charge on any atom is -0.466 e. The minimum absolute atomic E-state index is 0.0617. The molecule has 0 radical (unpaired) electrons. The highest BCUT2D eigenvalue weighted by Gasteiger charge is 2.35. The van der Waals surface area contributed by atoms with E-state index in [-0.39, 0.29) is 36.4 Å². The van der Waals surface area contributed by atoms with Gasteiger partial charge in [-0.1, -0.05) is 6.07 Å². The van der Waals surface area contributed by atoms with Crippen molar-refractivity contribution in [2.75, 3.05) is 13.2 Å². The number of hydrogen-bond acceptors (Lipinski definition) is 11. The molecule has 0 fully saturated rings. The fourth-order valence-electron chi connectivity index (χ4n) is 4.25. The predicted octanol–water partition coefficient (Wildman–Crippen LogP) is 2.66. The molecule has 0 saturated heterocycles. The smallest absolute Gasteiger partial charge is 0.269 e. The lowest BCUT2D eigenvalue weighted by atomic mass is 10.0. The molecule has 2 aromatic carbocycles. The number of ether oxygens (including phenoxy) is 2. The zero-order valence-electron chi connectivity index (χ0n) is 19.7. The molecule has 0 spiro atoms. The summed E-state index contributed by atoms with van der Waals surface area (Å²) in [5.41, 5.74) is 1.82. The molecule has 2 aliphatic rings. The van der Waals surface area contributed by atoms with E-state index in [9.17, 15) is 30.4 Å². The molecule has 0 unspecified atom stereocenters. The number of aliphatic hydroxyl groups excluding tert-OH is 2. The van der Waals surface area contributed by atoms with Gasteiger partial charge in [-0.15, -0.1) is 0 Å². The standard InChI is InChI=1S/C25H21N5O8/c31-12-20-22(14-4-8-16(9-5-14)29(33)34)37-24(27-20)18-2-1-3-19(26-18)25-28-21(13-32)23(38-25)15-6-10-17(11-7-15)30(35)36/h1-11,20-23,31-32H,12-13H2/t20-,21-,22+,23+/m0/s1. The van der Waals surface area contributed by atoms with Gasteiger partial charge in [0.05, 0.1) is 23.1 Å². The van der Waals surface area contributed by atoms with Gasteiger partial charge in [0, 0.05) is 24.3 Å². The Morgan fingerprint density at radius 3 is 1.42 bits per heavy atom. The SMILES string of the molecule is O=[N+]([O-])c1ccc([C@H]2OC(c3cccc(C4=N[C@@H](CO)[C@@H](c5ccc([N+](=O)[O-])cc5)O4)n3)=N[C@H]2CO)cc1. The van der Waals surface area contributed by atoms with E-state index in [1.807, 2.05) is 0 Å². The first-order valence-electron chi connectivity index (χ1n) is 11.5. The van der Waals surface area contributed by atoms with Crippen LogP contribution >= 0.6 is 0 Å². The van der Waals surface area contributed by atoms with Crippen LogP contribution in [-0.4, -0.2) is 62.1 Å². The van der Waals surface area contributed by atoms with E-state index in [0.29, 0.717) is 22.5 Å². The number of nitro groups is 2. The summed E-state index contributed by atoms with van der Waals surface area (Å²) in [6.07, 6.45) is -1.32. The average Bonchev–Trinajstić information content (AvgIpc) is 3.58. The van der Waals surface area contributed by atoms with Gasteiger partial charge in [0.2, 0.25) is 11.8 Å². The number of non-ortho nitro benzene ring substituents is 2. The van der Waals surface area contributed by atoms with Crippen LogP contribution in [0.15, 0.2) is 76.7 Å². The molecule has 13 heteroatoms. The number of nitrogens with zero attached hydrogens (tertiary/aromatic N) is 5. The summed E-state index contributed by atoms with van der Waals surface area (Å²) >= 11 is 0. The number of rotatable bonds is 8. The van der Waals surface area contributed by atoms with E-state index in [4.69, 9.17) is 9.47 Å². The summed E-state index contributed by atoms with van der Waals surface area (Å²) in [7, 11) is 0. The predicted molar refractivity (Wildman–Crippen MR) is 133 cm³/mol. The third-order valence-electron chi connectivity index (χ3n) is 6.17. The van der Waals surface area contributed by atoms with Crippen LogP contribution in [-0.2, 0) is 9.47 Å². The number of hydrogen-bond donors (Lipinski definition) is 2. The number of benzene rings is 2. The second kappa shape index (κ2) is 10.3. The van der Waals surface area contributed by atoms with Crippen LogP contribution in [0.2, 0.25) is 0 Å². The zero-order valence-corrected chi connectivity index (χ0v) is 19.7. The van der Waals surface area contributed by atoms with E-state index in [1.54, 1.807) is 42.5 Å². The highest BCUT2D eigenvalue weighted by atomic mass is 16.6. The molecule has 194 valence electrons. The Bertz CT molecular complexity index is 1320. The van der Waals surface area contributed by atoms with Crippen molar-refractivity contribution < 1.29 is 29.5 Å². The molecule has 13 nitrogen and oxygen atoms in total. The number of nitro benzene ring substituents is 2. The molecular formula is C25H21N5O8. The summed E-state index contributed by atoms with van der Waals surface area (Å²) in [4.78, 5) is 34.4. The van der Waals surface area contributed by atoms with Gasteiger partial charge >= 0.3 is 0 Å². The van der Waals surface area contributed by atoms with Gasteiger partial charge in [-0.3, -0.25) is 20.2 Å². The lowest BCUT2D eigenvalue weighted by molar-refractivity contribution is -0.385. The van der Waals surface area contributed by atoms with Crippen molar-refractivity contribution in [2.45, 2.75) is 24.3 Å². The van der Waals surface area contributed by atoms with Gasteiger partial charge < -0.3 is 19.7 Å². The number of pyridine rings is 1. The number of aliphatic hydroxyl groups is 2. The van der Waals surface area contributed by atoms with Gasteiger partial charge in [0.25, 0.3) is 11.4 Å². The Balaban J connectivity index is 1.36. The Morgan fingerprint density at radius 2 is 1.08 bits per heavy atom. The van der Waals surface area contributed by atoms with Gasteiger partial charge in [-0.05, 0) is 47.5 Å². The second-order valence-electron chi connectivity index (χ2n) is 8.55. The van der Waals surface area contributed by atoms with Crippen LogP contribution in [0.4, 0.5) is 11.4 Å². The minimum atomic E-state index is -0.661. The summed E-state index contributed by atoms with van der Waals surface area (Å²) in [6, 6.07) is 15.4. The molecule has 0 aliphatic carbocycles. The van der Waals surface area contributed by atoms with Crippen LogP contribution in [0.25, 0.3) is 0 Å². The van der Waals surface area contributed by atoms with Crippen molar-refractivity contribution in [1.29, 1.82) is 0 Å². The molecule has 2 N–H and O–H groups in total. The fourth-order valence-corrected chi connectivity index (χ4v) is 4.25. The molecule has 1 aromatic heterocycles. The molecular weight excluding hydrogens is 498 g/mol. The number of aliphatic imine (C=N–C) groups is 2. The molecule has 4 atom stereocenters. The molecule has 3 aromatic rings. The van der Waals surface area contributed by atoms with Crippen LogP contribution in [0, 0.1) is 20.2 Å². The first kappa shape index (κ1) is 24.9. The Hall–Kier alpha value is -4.75. The van der Waals surface area contributed by atoms with E-state index >= 15 is 0 Å². The number of aromatic nitrogens is 1. The first-order chi connectivity index (χ1) is 18.4. The van der Waals surface area contributed by atoms with Crippen molar-refractivity contribution in [3.8, 4) is 0 Å². The first-order valence-corrected chi connectivity index (χ1v) is 11.5. The van der Waals surface area contributed by atoms with E-state index in [2.05, 4.69) is 15.0 Å². The maximum Gasteiger partial charge on any atom is 0.269 e.